The van der Waals surface area contributed by atoms with Crippen LogP contribution in [0.3, 0.4) is 0 Å². The number of aliphatic imine (C=N–C) groups is 1. The number of rotatable bonds is 1. The SMILES string of the molecule is NC1=NC(c2c(F)cccc2C(F)(F)F)CO1. The van der Waals surface area contributed by atoms with Crippen molar-refractivity contribution in [3.8, 4) is 0 Å². The Balaban J connectivity index is 2.52. The zero-order chi connectivity index (χ0) is 12.6. The molecule has 1 aliphatic heterocycles. The average Bonchev–Trinajstić information content (AvgIpc) is 2.63. The summed E-state index contributed by atoms with van der Waals surface area (Å²) in [5.74, 6) is -0.966. The van der Waals surface area contributed by atoms with E-state index in [9.17, 15) is 17.6 Å². The normalized spacial score (nSPS) is 20.0. The maximum Gasteiger partial charge on any atom is 0.416 e. The van der Waals surface area contributed by atoms with Gasteiger partial charge in [-0.05, 0) is 12.1 Å². The fourth-order valence-electron chi connectivity index (χ4n) is 1.66. The third-order valence-corrected chi connectivity index (χ3v) is 2.36. The highest BCUT2D eigenvalue weighted by atomic mass is 19.4. The number of hydrogen-bond donors (Lipinski definition) is 1. The summed E-state index contributed by atoms with van der Waals surface area (Å²) >= 11 is 0. The first kappa shape index (κ1) is 11.7. The van der Waals surface area contributed by atoms with E-state index in [1.807, 2.05) is 0 Å². The second-order valence-electron chi connectivity index (χ2n) is 3.49. The van der Waals surface area contributed by atoms with Crippen molar-refractivity contribution in [1.29, 1.82) is 0 Å². The van der Waals surface area contributed by atoms with Crippen molar-refractivity contribution in [3.63, 3.8) is 0 Å². The van der Waals surface area contributed by atoms with Crippen LogP contribution in [0.15, 0.2) is 23.2 Å². The lowest BCUT2D eigenvalue weighted by atomic mass is 10.0. The lowest BCUT2D eigenvalue weighted by Crippen LogP contribution is -2.14. The summed E-state index contributed by atoms with van der Waals surface area (Å²) in [5.41, 5.74) is 3.62. The van der Waals surface area contributed by atoms with Gasteiger partial charge in [0.1, 0.15) is 18.5 Å². The summed E-state index contributed by atoms with van der Waals surface area (Å²) in [6, 6.07) is 1.49. The van der Waals surface area contributed by atoms with Gasteiger partial charge < -0.3 is 10.5 Å². The predicted molar refractivity (Wildman–Crippen MR) is 51.7 cm³/mol. The molecule has 2 rings (SSSR count). The molecule has 0 radical (unpaired) electrons. The summed E-state index contributed by atoms with van der Waals surface area (Å²) in [7, 11) is 0. The molecule has 2 N–H and O–H groups in total. The smallest absolute Gasteiger partial charge is 0.416 e. The van der Waals surface area contributed by atoms with Crippen LogP contribution < -0.4 is 5.73 Å². The van der Waals surface area contributed by atoms with E-state index in [2.05, 4.69) is 4.99 Å². The van der Waals surface area contributed by atoms with E-state index in [0.717, 1.165) is 18.2 Å². The van der Waals surface area contributed by atoms with Gasteiger partial charge in [-0.1, -0.05) is 6.07 Å². The molecule has 0 aliphatic carbocycles. The van der Waals surface area contributed by atoms with Crippen LogP contribution in [0.5, 0.6) is 0 Å². The van der Waals surface area contributed by atoms with Crippen LogP contribution in [0.25, 0.3) is 0 Å². The molecule has 7 heteroatoms. The monoisotopic (exact) mass is 248 g/mol. The van der Waals surface area contributed by atoms with Crippen LogP contribution in [0.1, 0.15) is 17.2 Å². The minimum atomic E-state index is -4.63. The molecule has 1 aliphatic rings. The first-order chi connectivity index (χ1) is 7.89. The third-order valence-electron chi connectivity index (χ3n) is 2.36. The summed E-state index contributed by atoms with van der Waals surface area (Å²) in [6.07, 6.45) is -4.63. The van der Waals surface area contributed by atoms with E-state index in [-0.39, 0.29) is 12.6 Å². The van der Waals surface area contributed by atoms with Gasteiger partial charge >= 0.3 is 6.18 Å². The van der Waals surface area contributed by atoms with Gasteiger partial charge in [0, 0.05) is 5.56 Å². The lowest BCUT2D eigenvalue weighted by molar-refractivity contribution is -0.138. The van der Waals surface area contributed by atoms with Crippen molar-refractivity contribution in [3.05, 3.63) is 35.1 Å². The Morgan fingerprint density at radius 2 is 2.06 bits per heavy atom. The Hall–Kier alpha value is -1.79. The van der Waals surface area contributed by atoms with Crippen molar-refractivity contribution < 1.29 is 22.3 Å². The maximum atomic E-state index is 13.5. The number of nitrogens with zero attached hydrogens (tertiary/aromatic N) is 1. The molecular formula is C10H8F4N2O. The van der Waals surface area contributed by atoms with Gasteiger partial charge in [0.25, 0.3) is 6.02 Å². The lowest BCUT2D eigenvalue weighted by Gasteiger charge is -2.15. The van der Waals surface area contributed by atoms with Crippen molar-refractivity contribution in [2.24, 2.45) is 10.7 Å². The molecular weight excluding hydrogens is 240 g/mol. The van der Waals surface area contributed by atoms with E-state index in [1.165, 1.54) is 0 Å². The zero-order valence-electron chi connectivity index (χ0n) is 8.46. The first-order valence-electron chi connectivity index (χ1n) is 4.71. The Bertz CT molecular complexity index is 470. The maximum absolute atomic E-state index is 13.5. The Labute approximate surface area is 93.9 Å². The minimum absolute atomic E-state index is 0.185. The van der Waals surface area contributed by atoms with Gasteiger partial charge in [0.2, 0.25) is 0 Å². The largest absolute Gasteiger partial charge is 0.463 e. The quantitative estimate of drug-likeness (QED) is 0.775. The van der Waals surface area contributed by atoms with Crippen molar-refractivity contribution >= 4 is 6.02 Å². The average molecular weight is 248 g/mol. The van der Waals surface area contributed by atoms with Crippen LogP contribution in [-0.4, -0.2) is 12.6 Å². The second kappa shape index (κ2) is 3.90. The molecule has 0 saturated carbocycles. The molecule has 0 saturated heterocycles. The minimum Gasteiger partial charge on any atom is -0.463 e. The Morgan fingerprint density at radius 3 is 2.59 bits per heavy atom. The van der Waals surface area contributed by atoms with E-state index in [0.29, 0.717) is 0 Å². The summed E-state index contributed by atoms with van der Waals surface area (Å²) in [6.45, 7) is -0.185. The highest BCUT2D eigenvalue weighted by Gasteiger charge is 2.38. The van der Waals surface area contributed by atoms with E-state index in [1.54, 1.807) is 0 Å². The van der Waals surface area contributed by atoms with Crippen molar-refractivity contribution in [2.45, 2.75) is 12.2 Å². The van der Waals surface area contributed by atoms with Crippen LogP contribution in [0.4, 0.5) is 17.6 Å². The standard InChI is InChI=1S/C10H8F4N2O/c11-6-3-1-2-5(10(12,13)14)8(6)7-4-17-9(15)16-7/h1-3,7H,4H2,(H2,15,16). The molecule has 0 amide bonds. The predicted octanol–water partition coefficient (Wildman–Crippen LogP) is 2.23. The van der Waals surface area contributed by atoms with Crippen LogP contribution in [0.2, 0.25) is 0 Å². The van der Waals surface area contributed by atoms with Gasteiger partial charge in [-0.3, -0.25) is 0 Å². The molecule has 1 aromatic rings. The zero-order valence-corrected chi connectivity index (χ0v) is 8.46. The van der Waals surface area contributed by atoms with Crippen LogP contribution in [0, 0.1) is 5.82 Å². The molecule has 1 unspecified atom stereocenters. The molecule has 1 aromatic carbocycles. The van der Waals surface area contributed by atoms with Gasteiger partial charge in [0.15, 0.2) is 0 Å². The fourth-order valence-corrected chi connectivity index (χ4v) is 1.66. The van der Waals surface area contributed by atoms with Crippen molar-refractivity contribution in [2.75, 3.05) is 6.61 Å². The summed E-state index contributed by atoms with van der Waals surface area (Å²) < 4.78 is 56.3. The number of benzene rings is 1. The molecule has 92 valence electrons. The number of hydrogen-bond acceptors (Lipinski definition) is 3. The molecule has 1 heterocycles. The number of alkyl halides is 3. The molecule has 17 heavy (non-hydrogen) atoms. The summed E-state index contributed by atoms with van der Waals surface area (Å²) in [5, 5.41) is 0. The van der Waals surface area contributed by atoms with E-state index >= 15 is 0 Å². The topological polar surface area (TPSA) is 47.6 Å². The number of halogens is 4. The highest BCUT2D eigenvalue weighted by Crippen LogP contribution is 2.37. The first-order valence-corrected chi connectivity index (χ1v) is 4.71. The Morgan fingerprint density at radius 1 is 1.35 bits per heavy atom. The molecule has 0 fully saturated rings. The number of amidine groups is 1. The van der Waals surface area contributed by atoms with Crippen LogP contribution >= 0.6 is 0 Å². The third kappa shape index (κ3) is 2.17. The van der Waals surface area contributed by atoms with Gasteiger partial charge in [0.05, 0.1) is 5.56 Å². The Kier molecular flexibility index (Phi) is 2.68. The molecule has 0 aromatic heterocycles. The molecule has 3 nitrogen and oxygen atoms in total. The van der Waals surface area contributed by atoms with Crippen molar-refractivity contribution in [1.82, 2.24) is 0 Å². The number of nitrogens with two attached hydrogens (primary N) is 1. The van der Waals surface area contributed by atoms with E-state index < -0.39 is 29.2 Å². The molecule has 1 atom stereocenters. The molecule has 0 bridgehead atoms. The second-order valence-corrected chi connectivity index (χ2v) is 3.49. The van der Waals surface area contributed by atoms with Gasteiger partial charge in [-0.15, -0.1) is 0 Å². The number of ether oxygens (including phenoxy) is 1. The van der Waals surface area contributed by atoms with E-state index in [4.69, 9.17) is 10.5 Å². The van der Waals surface area contributed by atoms with Crippen LogP contribution in [-0.2, 0) is 10.9 Å². The van der Waals surface area contributed by atoms with Gasteiger partial charge in [-0.25, -0.2) is 9.38 Å². The molecule has 0 spiro atoms. The highest BCUT2D eigenvalue weighted by molar-refractivity contribution is 5.73. The van der Waals surface area contributed by atoms with Gasteiger partial charge in [-0.2, -0.15) is 13.2 Å². The fraction of sp³-hybridized carbons (Fsp3) is 0.300. The summed E-state index contributed by atoms with van der Waals surface area (Å²) in [4.78, 5) is 3.63.